The van der Waals surface area contributed by atoms with Gasteiger partial charge >= 0.3 is 0 Å². The molecule has 139 heavy (non-hydrogen) atoms. The van der Waals surface area contributed by atoms with Crippen molar-refractivity contribution in [3.63, 3.8) is 0 Å². The number of rotatable bonds is 10. The summed E-state index contributed by atoms with van der Waals surface area (Å²) in [5, 5.41) is 17.0. The minimum atomic E-state index is -0.430. The Balaban J connectivity index is 0.000000117. The lowest BCUT2D eigenvalue weighted by atomic mass is 9.82. The van der Waals surface area contributed by atoms with Crippen LogP contribution in [0.15, 0.2) is 522 Å². The van der Waals surface area contributed by atoms with E-state index in [0.717, 1.165) is 153 Å². The Morgan fingerprint density at radius 2 is 0.468 bits per heavy atom. The normalized spacial score (nSPS) is 13.8. The first-order valence-corrected chi connectivity index (χ1v) is 46.2. The number of hydrogen-bond donors (Lipinski definition) is 0. The molecule has 0 N–H and O–H groups in total. The number of benzene rings is 26. The summed E-state index contributed by atoms with van der Waals surface area (Å²) in [7, 11) is 0. The summed E-state index contributed by atoms with van der Waals surface area (Å²) in [5.41, 5.74) is 19.0. The van der Waals surface area contributed by atoms with E-state index in [2.05, 4.69) is 164 Å². The van der Waals surface area contributed by atoms with Gasteiger partial charge in [-0.1, -0.05) is 442 Å². The molecule has 0 amide bonds. The quantitative estimate of drug-likeness (QED) is 0.128. The summed E-state index contributed by atoms with van der Waals surface area (Å²) < 4.78 is 201. The fourth-order valence-corrected chi connectivity index (χ4v) is 21.2. The van der Waals surface area contributed by atoms with Crippen molar-refractivity contribution in [3.8, 4) is 111 Å². The lowest BCUT2D eigenvalue weighted by molar-refractivity contribution is 0.668. The molecule has 0 saturated carbocycles. The highest BCUT2D eigenvalue weighted by atomic mass is 16.3. The molecule has 3 aromatic heterocycles. The summed E-state index contributed by atoms with van der Waals surface area (Å²) in [4.78, 5) is 0. The smallest absolute Gasteiger partial charge is 0.143 e. The molecule has 646 valence electrons. The molecular weight excluding hydrogens is 1680 g/mol. The van der Waals surface area contributed by atoms with Gasteiger partial charge in [-0.25, -0.2) is 0 Å². The van der Waals surface area contributed by atoms with Gasteiger partial charge in [0.15, 0.2) is 0 Å². The van der Waals surface area contributed by atoms with Crippen molar-refractivity contribution in [2.24, 2.45) is 0 Å². The molecule has 0 unspecified atom stereocenters. The largest absolute Gasteiger partial charge is 0.456 e. The molecule has 3 heteroatoms. The summed E-state index contributed by atoms with van der Waals surface area (Å²) in [6, 6.07) is 122. The molecule has 0 spiro atoms. The molecule has 3 heterocycles. The van der Waals surface area contributed by atoms with Crippen molar-refractivity contribution >= 4 is 174 Å². The Morgan fingerprint density at radius 1 is 0.137 bits per heavy atom. The lowest BCUT2D eigenvalue weighted by Crippen LogP contribution is -1.93. The van der Waals surface area contributed by atoms with Crippen molar-refractivity contribution in [1.82, 2.24) is 0 Å². The molecular formula is C136H84O3. The first kappa shape index (κ1) is 62.2. The third-order valence-corrected chi connectivity index (χ3v) is 27.4. The van der Waals surface area contributed by atoms with Gasteiger partial charge in [-0.2, -0.15) is 0 Å². The zero-order valence-electron chi connectivity index (χ0n) is 94.2. The van der Waals surface area contributed by atoms with E-state index < -0.39 is 48.3 Å². The van der Waals surface area contributed by atoms with E-state index in [1.807, 2.05) is 206 Å². The van der Waals surface area contributed by atoms with Crippen LogP contribution in [0.3, 0.4) is 0 Å². The molecule has 0 saturated heterocycles. The maximum Gasteiger partial charge on any atom is 0.143 e. The second kappa shape index (κ2) is 33.4. The number of fused-ring (bicyclic) bond motifs is 19. The topological polar surface area (TPSA) is 39.4 Å². The summed E-state index contributed by atoms with van der Waals surface area (Å²) in [6.45, 7) is 0. The van der Waals surface area contributed by atoms with Gasteiger partial charge < -0.3 is 13.3 Å². The van der Waals surface area contributed by atoms with E-state index in [9.17, 15) is 13.7 Å². The van der Waals surface area contributed by atoms with Gasteiger partial charge in [0, 0.05) is 37.9 Å². The van der Waals surface area contributed by atoms with E-state index in [0.29, 0.717) is 88.6 Å². The molecule has 29 rings (SSSR count). The minimum Gasteiger partial charge on any atom is -0.456 e. The van der Waals surface area contributed by atoms with Crippen LogP contribution in [0.5, 0.6) is 0 Å². The van der Waals surface area contributed by atoms with Gasteiger partial charge in [0.2, 0.25) is 0 Å². The van der Waals surface area contributed by atoms with Crippen LogP contribution >= 0.6 is 0 Å². The zero-order chi connectivity index (χ0) is 109. The van der Waals surface area contributed by atoms with Crippen molar-refractivity contribution in [2.45, 2.75) is 0 Å². The highest BCUT2D eigenvalue weighted by Crippen LogP contribution is 2.54. The van der Waals surface area contributed by atoms with E-state index in [4.69, 9.17) is 27.0 Å². The molecule has 0 bridgehead atoms. The van der Waals surface area contributed by atoms with Crippen molar-refractivity contribution < 1.29 is 40.7 Å². The van der Waals surface area contributed by atoms with Gasteiger partial charge in [0.25, 0.3) is 0 Å². The van der Waals surface area contributed by atoms with Gasteiger partial charge in [0.1, 0.15) is 33.5 Å². The Labute approximate surface area is 830 Å². The van der Waals surface area contributed by atoms with Crippen molar-refractivity contribution in [3.05, 3.63) is 509 Å². The summed E-state index contributed by atoms with van der Waals surface area (Å²) in [6.07, 6.45) is 0. The maximum absolute atomic E-state index is 9.77. The van der Waals surface area contributed by atoms with Gasteiger partial charge in [-0.15, -0.1) is 0 Å². The predicted octanol–water partition coefficient (Wildman–Crippen LogP) is 39.0. The second-order valence-corrected chi connectivity index (χ2v) is 35.0. The van der Waals surface area contributed by atoms with E-state index in [1.165, 1.54) is 0 Å². The lowest BCUT2D eigenvalue weighted by Gasteiger charge is -2.20. The number of para-hydroxylation sites is 2. The van der Waals surface area contributed by atoms with Gasteiger partial charge in [-0.3, -0.25) is 0 Å². The Morgan fingerprint density at radius 3 is 1.03 bits per heavy atom. The highest BCUT2D eigenvalue weighted by molar-refractivity contribution is 6.31. The fourth-order valence-electron chi connectivity index (χ4n) is 21.2. The van der Waals surface area contributed by atoms with Crippen LogP contribution < -0.4 is 0 Å². The van der Waals surface area contributed by atoms with E-state index >= 15 is 0 Å². The molecule has 0 aliphatic rings. The van der Waals surface area contributed by atoms with Crippen LogP contribution in [0.25, 0.3) is 285 Å². The Hall–Kier alpha value is -18.3. The number of hydrogen-bond acceptors (Lipinski definition) is 3. The highest BCUT2D eigenvalue weighted by Gasteiger charge is 2.28. The molecule has 0 atom stereocenters. The van der Waals surface area contributed by atoms with Crippen LogP contribution in [0, 0.1) is 0 Å². The molecule has 0 aliphatic heterocycles. The fraction of sp³-hybridized carbons (Fsp3) is 0. The predicted molar refractivity (Wildman–Crippen MR) is 591 cm³/mol. The number of furan rings is 3. The van der Waals surface area contributed by atoms with Crippen LogP contribution in [-0.2, 0) is 0 Å². The molecule has 0 radical (unpaired) electrons. The maximum atomic E-state index is 9.77. The van der Waals surface area contributed by atoms with E-state index in [1.54, 1.807) is 18.2 Å². The monoisotopic (exact) mass is 1780 g/mol. The van der Waals surface area contributed by atoms with Crippen LogP contribution in [0.1, 0.15) is 27.4 Å². The van der Waals surface area contributed by atoms with Crippen LogP contribution in [0.4, 0.5) is 0 Å². The molecule has 0 fully saturated rings. The minimum absolute atomic E-state index is 0.0745. The first-order valence-electron chi connectivity index (χ1n) is 56.2. The third-order valence-electron chi connectivity index (χ3n) is 27.4. The average molecular weight is 1790 g/mol. The Bertz CT molecular complexity index is 11200. The van der Waals surface area contributed by atoms with Gasteiger partial charge in [-0.05, 0) is 280 Å². The van der Waals surface area contributed by atoms with Crippen LogP contribution in [0.2, 0.25) is 0 Å². The van der Waals surface area contributed by atoms with E-state index in [-0.39, 0.29) is 116 Å². The SMILES string of the molecule is [2H]c1c([2H])c([2H])c2c(-c3ccc(-c4ccccc4-c4ccccc4)c4oc5ccccc5c34)c3ccc(-c4cccc5ccccc45)cc3c(-c3ccc4ccccc4c3)c2c1[2H].[2H]c1c([2H])c([2H])c2c(-c3ccc4oc5ccc(-c6ccccc6)cc5c4c3)c3c([2H])c([2H])c([2H])c([2H])c3c(-c3ccc4ccccc4c3)c2c1[2H].[2H]c1c([2H])c([2H])c2c(-c3cccc4oc5ccccc5c34)c3c([2H])c([2H])c([2H])c([2H])c3c(-c3cccc4ccccc34)c2c1[2H]. The molecule has 0 aliphatic carbocycles. The van der Waals surface area contributed by atoms with Crippen molar-refractivity contribution in [1.29, 1.82) is 0 Å². The Kier molecular flexibility index (Phi) is 15.0. The zero-order valence-corrected chi connectivity index (χ0v) is 74.2. The standard InChI is InChI=1S/C58H36O.C42H26O.C36H22O/c1-2-16-38(17-3-1)44-22-8-9-23-46(44)50-33-34-52(57-51-26-12-13-28-54(51)59-58(50)57)56-48-25-11-10-24-47(48)55(42-30-29-37-15-4-5-19-40(37)35-42)53-36-41(31-32-49(53)56)45-27-14-20-39-18-6-7-21-43(39)45;1-2-10-27(11-3-1)30-20-22-39-37(25-30)38-26-32(21-23-40(38)43-39)42-35-16-8-6-14-33(35)41(34-15-7-9-17-36(34)42)31-19-18-28-12-4-5-13-29(28)24-31;1-2-13-24-23(11-1)12-9-19-25(24)34-26-14-3-5-16-28(26)35(29-17-6-4-15-27(29)34)31-20-10-22-33-36(31)30-18-7-8-21-32(30)37-33/h1-36H;1-26H;1-22H/i10D,11D,24D,25D;6D,7D,8D,9D,14D,15D,16D,17D;3D,4D,5D,6D,14D,15D,16D,17D. The summed E-state index contributed by atoms with van der Waals surface area (Å²) in [5.74, 6) is 0. The first-order chi connectivity index (χ1) is 77.3. The molecule has 26 aromatic carbocycles. The third kappa shape index (κ3) is 13.6. The van der Waals surface area contributed by atoms with Gasteiger partial charge in [0.05, 0.1) is 27.4 Å². The second-order valence-electron chi connectivity index (χ2n) is 35.0. The van der Waals surface area contributed by atoms with Crippen molar-refractivity contribution in [2.75, 3.05) is 0 Å². The average Bonchev–Trinajstić information content (AvgIpc) is 1.58. The summed E-state index contributed by atoms with van der Waals surface area (Å²) >= 11 is 0. The molecule has 29 aromatic rings. The molecule has 3 nitrogen and oxygen atoms in total. The van der Waals surface area contributed by atoms with Crippen LogP contribution in [-0.4, -0.2) is 0 Å².